The second kappa shape index (κ2) is 9.03. The maximum Gasteiger partial charge on any atom is 0.258 e. The molecule has 160 valence electrons. The zero-order chi connectivity index (χ0) is 21.8. The molecular weight excluding hydrogens is 404 g/mol. The van der Waals surface area contributed by atoms with Crippen molar-refractivity contribution in [2.45, 2.75) is 25.7 Å². The second-order valence-electron chi connectivity index (χ2n) is 7.39. The van der Waals surface area contributed by atoms with E-state index >= 15 is 0 Å². The summed E-state index contributed by atoms with van der Waals surface area (Å²) in [6.45, 7) is 1.96. The molecule has 0 spiro atoms. The monoisotopic (exact) mass is 425 g/mol. The molecule has 0 unspecified atom stereocenters. The van der Waals surface area contributed by atoms with Crippen molar-refractivity contribution < 1.29 is 18.4 Å². The van der Waals surface area contributed by atoms with Crippen LogP contribution in [0.2, 0.25) is 0 Å². The molecule has 0 saturated carbocycles. The van der Waals surface area contributed by atoms with Crippen LogP contribution in [0.4, 0.5) is 20.3 Å². The summed E-state index contributed by atoms with van der Waals surface area (Å²) in [7, 11) is 0. The Kier molecular flexibility index (Phi) is 6.01. The fourth-order valence-corrected chi connectivity index (χ4v) is 3.57. The van der Waals surface area contributed by atoms with Gasteiger partial charge in [-0.05, 0) is 43.0 Å². The van der Waals surface area contributed by atoms with Crippen LogP contribution >= 0.6 is 0 Å². The lowest BCUT2D eigenvalue weighted by Gasteiger charge is -2.27. The molecule has 3 aromatic rings. The van der Waals surface area contributed by atoms with Gasteiger partial charge < -0.3 is 10.2 Å². The van der Waals surface area contributed by atoms with Crippen LogP contribution < -0.4 is 10.2 Å². The number of H-pyrrole nitrogens is 1. The predicted molar refractivity (Wildman–Crippen MR) is 111 cm³/mol. The Balaban J connectivity index is 1.44. The first-order valence-corrected chi connectivity index (χ1v) is 10.0. The van der Waals surface area contributed by atoms with Gasteiger partial charge in [-0.1, -0.05) is 12.1 Å². The molecule has 1 saturated heterocycles. The number of carbonyl (C=O) groups is 2. The summed E-state index contributed by atoms with van der Waals surface area (Å²) in [6, 6.07) is 7.06. The molecule has 2 aromatic heterocycles. The normalized spacial score (nSPS) is 13.8. The lowest BCUT2D eigenvalue weighted by atomic mass is 10.1. The molecule has 1 aromatic carbocycles. The Hall–Kier alpha value is -3.62. The molecule has 0 radical (unpaired) electrons. The number of hydrogen-bond donors (Lipinski definition) is 2. The first kappa shape index (κ1) is 20.6. The lowest BCUT2D eigenvalue weighted by Crippen LogP contribution is -2.30. The highest BCUT2D eigenvalue weighted by Crippen LogP contribution is 2.20. The van der Waals surface area contributed by atoms with E-state index in [0.717, 1.165) is 43.9 Å². The van der Waals surface area contributed by atoms with Crippen LogP contribution in [0.25, 0.3) is 0 Å². The van der Waals surface area contributed by atoms with Crippen LogP contribution in [-0.4, -0.2) is 40.0 Å². The van der Waals surface area contributed by atoms with Gasteiger partial charge in [0.25, 0.3) is 5.91 Å². The highest BCUT2D eigenvalue weighted by atomic mass is 19.2. The third kappa shape index (κ3) is 4.60. The average Bonchev–Trinajstić information content (AvgIpc) is 3.25. The molecular formula is C22H21F2N5O2. The van der Waals surface area contributed by atoms with Crippen LogP contribution in [-0.2, 0) is 6.42 Å². The maximum atomic E-state index is 13.9. The number of aromatic amines is 1. The van der Waals surface area contributed by atoms with Crippen molar-refractivity contribution in [2.24, 2.45) is 0 Å². The van der Waals surface area contributed by atoms with Gasteiger partial charge in [-0.25, -0.2) is 13.8 Å². The van der Waals surface area contributed by atoms with E-state index in [-0.39, 0.29) is 23.6 Å². The molecule has 7 nitrogen and oxygen atoms in total. The van der Waals surface area contributed by atoms with Crippen molar-refractivity contribution in [2.75, 3.05) is 23.3 Å². The van der Waals surface area contributed by atoms with Gasteiger partial charge in [0.1, 0.15) is 11.5 Å². The Morgan fingerprint density at radius 1 is 1.06 bits per heavy atom. The van der Waals surface area contributed by atoms with Crippen molar-refractivity contribution in [1.29, 1.82) is 0 Å². The first-order chi connectivity index (χ1) is 15.0. The minimum Gasteiger partial charge on any atom is -0.357 e. The quantitative estimate of drug-likeness (QED) is 0.587. The Morgan fingerprint density at radius 2 is 1.87 bits per heavy atom. The molecule has 0 atom stereocenters. The summed E-state index contributed by atoms with van der Waals surface area (Å²) in [5.41, 5.74) is 0.424. The van der Waals surface area contributed by atoms with E-state index in [2.05, 4.69) is 25.4 Å². The molecule has 1 fully saturated rings. The van der Waals surface area contributed by atoms with Crippen molar-refractivity contribution in [3.05, 3.63) is 71.2 Å². The van der Waals surface area contributed by atoms with Gasteiger partial charge in [-0.3, -0.25) is 14.7 Å². The number of amides is 1. The van der Waals surface area contributed by atoms with Gasteiger partial charge in [-0.2, -0.15) is 5.10 Å². The molecule has 31 heavy (non-hydrogen) atoms. The minimum absolute atomic E-state index is 0.0483. The summed E-state index contributed by atoms with van der Waals surface area (Å²) in [6.07, 6.45) is 6.49. The SMILES string of the molecule is O=C(Nc1cn[nH]c1C(=O)Cc1ccc(N2CCCCC2)nc1)c1cccc(F)c1F. The molecule has 3 heterocycles. The zero-order valence-corrected chi connectivity index (χ0v) is 16.7. The summed E-state index contributed by atoms with van der Waals surface area (Å²) in [5.74, 6) is -2.68. The molecule has 9 heteroatoms. The maximum absolute atomic E-state index is 13.9. The van der Waals surface area contributed by atoms with Crippen LogP contribution in [0, 0.1) is 11.6 Å². The Labute approximate surface area is 177 Å². The number of pyridine rings is 1. The van der Waals surface area contributed by atoms with E-state index in [4.69, 9.17) is 0 Å². The van der Waals surface area contributed by atoms with E-state index in [1.807, 2.05) is 12.1 Å². The number of nitrogens with one attached hydrogen (secondary N) is 2. The van der Waals surface area contributed by atoms with E-state index < -0.39 is 23.1 Å². The molecule has 1 aliphatic heterocycles. The molecule has 1 aliphatic rings. The van der Waals surface area contributed by atoms with Gasteiger partial charge in [0.2, 0.25) is 0 Å². The van der Waals surface area contributed by atoms with Crippen LogP contribution in [0.15, 0.2) is 42.7 Å². The minimum atomic E-state index is -1.25. The highest BCUT2D eigenvalue weighted by molar-refractivity contribution is 6.09. The molecule has 0 aliphatic carbocycles. The van der Waals surface area contributed by atoms with Crippen molar-refractivity contribution in [1.82, 2.24) is 15.2 Å². The van der Waals surface area contributed by atoms with E-state index in [1.54, 1.807) is 6.20 Å². The number of aromatic nitrogens is 3. The van der Waals surface area contributed by atoms with Gasteiger partial charge in [-0.15, -0.1) is 0 Å². The number of piperidine rings is 1. The van der Waals surface area contributed by atoms with Crippen LogP contribution in [0.5, 0.6) is 0 Å². The number of rotatable bonds is 6. The largest absolute Gasteiger partial charge is 0.357 e. The Morgan fingerprint density at radius 3 is 2.61 bits per heavy atom. The van der Waals surface area contributed by atoms with E-state index in [9.17, 15) is 18.4 Å². The number of anilines is 2. The number of benzene rings is 1. The summed E-state index contributed by atoms with van der Waals surface area (Å²) >= 11 is 0. The molecule has 2 N–H and O–H groups in total. The van der Waals surface area contributed by atoms with Gasteiger partial charge in [0, 0.05) is 25.7 Å². The number of carbonyl (C=O) groups excluding carboxylic acids is 2. The summed E-state index contributed by atoms with van der Waals surface area (Å²) < 4.78 is 27.2. The van der Waals surface area contributed by atoms with Crippen molar-refractivity contribution in [3.8, 4) is 0 Å². The van der Waals surface area contributed by atoms with Crippen LogP contribution in [0.3, 0.4) is 0 Å². The van der Waals surface area contributed by atoms with Crippen LogP contribution in [0.1, 0.15) is 45.7 Å². The Bertz CT molecular complexity index is 1090. The van der Waals surface area contributed by atoms with Crippen molar-refractivity contribution in [3.63, 3.8) is 0 Å². The molecule has 0 bridgehead atoms. The van der Waals surface area contributed by atoms with Gasteiger partial charge in [0.05, 0.1) is 17.4 Å². The van der Waals surface area contributed by atoms with Gasteiger partial charge in [0.15, 0.2) is 17.4 Å². The fourth-order valence-electron chi connectivity index (χ4n) is 3.57. The predicted octanol–water partition coefficient (Wildman–Crippen LogP) is 3.75. The van der Waals surface area contributed by atoms with E-state index in [1.165, 1.54) is 18.7 Å². The third-order valence-corrected chi connectivity index (χ3v) is 5.22. The highest BCUT2D eigenvalue weighted by Gasteiger charge is 2.20. The number of Topliss-reactive ketones (excluding diaryl/α,β-unsaturated/α-hetero) is 1. The number of ketones is 1. The lowest BCUT2D eigenvalue weighted by molar-refractivity contribution is 0.0989. The zero-order valence-electron chi connectivity index (χ0n) is 16.7. The number of hydrogen-bond acceptors (Lipinski definition) is 5. The van der Waals surface area contributed by atoms with Crippen molar-refractivity contribution >= 4 is 23.2 Å². The number of halogens is 2. The number of nitrogens with zero attached hydrogens (tertiary/aromatic N) is 3. The summed E-state index contributed by atoms with van der Waals surface area (Å²) in [5, 5.41) is 8.77. The third-order valence-electron chi connectivity index (χ3n) is 5.22. The standard InChI is InChI=1S/C22H21F2N5O2/c23-16-6-4-5-15(20(16)24)22(31)27-17-13-26-28-21(17)18(30)11-14-7-8-19(25-12-14)29-9-2-1-3-10-29/h4-8,12-13H,1-3,9-11H2,(H,26,28)(H,27,31). The summed E-state index contributed by atoms with van der Waals surface area (Å²) in [4.78, 5) is 31.7. The first-order valence-electron chi connectivity index (χ1n) is 10.0. The fraction of sp³-hybridized carbons (Fsp3) is 0.273. The molecule has 4 rings (SSSR count). The van der Waals surface area contributed by atoms with Gasteiger partial charge >= 0.3 is 0 Å². The average molecular weight is 425 g/mol. The molecule has 1 amide bonds. The second-order valence-corrected chi connectivity index (χ2v) is 7.39. The smallest absolute Gasteiger partial charge is 0.258 e. The van der Waals surface area contributed by atoms with E-state index in [0.29, 0.717) is 5.56 Å². The topological polar surface area (TPSA) is 91.0 Å².